The summed E-state index contributed by atoms with van der Waals surface area (Å²) in [6.07, 6.45) is 3.86. The lowest BCUT2D eigenvalue weighted by atomic mass is 10.0. The van der Waals surface area contributed by atoms with Gasteiger partial charge < -0.3 is 10.2 Å². The summed E-state index contributed by atoms with van der Waals surface area (Å²) in [5, 5.41) is 3.14. The lowest BCUT2D eigenvalue weighted by molar-refractivity contribution is 0.424. The molecule has 0 bridgehead atoms. The van der Waals surface area contributed by atoms with Gasteiger partial charge in [-0.25, -0.2) is 4.99 Å². The van der Waals surface area contributed by atoms with Crippen molar-refractivity contribution < 1.29 is 0 Å². The average molecular weight is 277 g/mol. The molecule has 0 spiro atoms. The van der Waals surface area contributed by atoms with Gasteiger partial charge in [0.25, 0.3) is 0 Å². The Labute approximate surface area is 125 Å². The highest BCUT2D eigenvalue weighted by molar-refractivity contribution is 5.85. The van der Waals surface area contributed by atoms with E-state index < -0.39 is 0 Å². The van der Waals surface area contributed by atoms with Crippen molar-refractivity contribution in [2.75, 3.05) is 13.6 Å². The van der Waals surface area contributed by atoms with E-state index in [1.807, 2.05) is 6.92 Å². The van der Waals surface area contributed by atoms with Crippen LogP contribution in [-0.2, 0) is 0 Å². The summed E-state index contributed by atoms with van der Waals surface area (Å²) >= 11 is 0. The molecule has 0 aliphatic rings. The Hall–Kier alpha value is -1.51. The topological polar surface area (TPSA) is 27.6 Å². The van der Waals surface area contributed by atoms with E-state index in [1.54, 1.807) is 6.20 Å². The zero-order valence-corrected chi connectivity index (χ0v) is 14.1. The highest BCUT2D eigenvalue weighted by Gasteiger charge is 2.10. The van der Waals surface area contributed by atoms with E-state index in [0.29, 0.717) is 5.92 Å². The summed E-state index contributed by atoms with van der Waals surface area (Å²) in [4.78, 5) is 6.89. The Morgan fingerprint density at radius 2 is 1.95 bits per heavy atom. The van der Waals surface area contributed by atoms with Crippen LogP contribution in [0.15, 0.2) is 41.4 Å². The van der Waals surface area contributed by atoms with Crippen LogP contribution in [0.2, 0.25) is 0 Å². The SMILES string of the molecule is C=CNC(/N=C(/C)C(C)CC)=C(/C)C(=C)N(C)CCC. The fourth-order valence-electron chi connectivity index (χ4n) is 1.80. The maximum Gasteiger partial charge on any atom is 0.134 e. The molecule has 20 heavy (non-hydrogen) atoms. The van der Waals surface area contributed by atoms with Gasteiger partial charge >= 0.3 is 0 Å². The number of allylic oxidation sites excluding steroid dienone is 1. The maximum absolute atomic E-state index is 4.73. The molecular formula is C17H31N3. The first-order valence-corrected chi connectivity index (χ1v) is 7.42. The summed E-state index contributed by atoms with van der Waals surface area (Å²) in [6, 6.07) is 0. The molecule has 0 saturated heterocycles. The van der Waals surface area contributed by atoms with Crippen LogP contribution < -0.4 is 5.32 Å². The Morgan fingerprint density at radius 3 is 2.40 bits per heavy atom. The minimum Gasteiger partial charge on any atom is -0.375 e. The van der Waals surface area contributed by atoms with Crippen molar-refractivity contribution in [3.8, 4) is 0 Å². The zero-order valence-electron chi connectivity index (χ0n) is 14.1. The van der Waals surface area contributed by atoms with E-state index in [-0.39, 0.29) is 0 Å². The number of likely N-dealkylation sites (N-methyl/N-ethyl adjacent to an activating group) is 1. The lowest BCUT2D eigenvalue weighted by Crippen LogP contribution is -2.21. The molecule has 0 radical (unpaired) electrons. The summed E-state index contributed by atoms with van der Waals surface area (Å²) < 4.78 is 0. The van der Waals surface area contributed by atoms with Gasteiger partial charge in [0.2, 0.25) is 0 Å². The summed E-state index contributed by atoms with van der Waals surface area (Å²) in [6.45, 7) is 19.6. The predicted molar refractivity (Wildman–Crippen MR) is 90.7 cm³/mol. The largest absolute Gasteiger partial charge is 0.375 e. The van der Waals surface area contributed by atoms with E-state index in [2.05, 4.69) is 58.1 Å². The monoisotopic (exact) mass is 277 g/mol. The number of hydrogen-bond donors (Lipinski definition) is 1. The molecule has 0 rings (SSSR count). The van der Waals surface area contributed by atoms with Gasteiger partial charge in [0.05, 0.1) is 0 Å². The third-order valence-corrected chi connectivity index (χ3v) is 3.66. The summed E-state index contributed by atoms with van der Waals surface area (Å²) in [7, 11) is 2.06. The molecule has 0 amide bonds. The second-order valence-electron chi connectivity index (χ2n) is 5.25. The van der Waals surface area contributed by atoms with Crippen molar-refractivity contribution in [1.82, 2.24) is 10.2 Å². The van der Waals surface area contributed by atoms with Crippen LogP contribution in [0.3, 0.4) is 0 Å². The van der Waals surface area contributed by atoms with E-state index in [0.717, 1.165) is 42.2 Å². The first kappa shape index (κ1) is 18.5. The standard InChI is InChI=1S/C17H31N3/c1-9-12-20(8)16(7)14(5)17(18-11-3)19-15(6)13(4)10-2/h11,13,18H,3,7,9-10,12H2,1-2,4-6,8H3/b17-14+,19-15-. The fourth-order valence-corrected chi connectivity index (χ4v) is 1.80. The normalized spacial score (nSPS) is 14.4. The number of rotatable bonds is 9. The van der Waals surface area contributed by atoms with Gasteiger partial charge in [-0.1, -0.05) is 33.9 Å². The zero-order chi connectivity index (χ0) is 15.7. The molecule has 0 aromatic carbocycles. The Bertz CT molecular complexity index is 391. The van der Waals surface area contributed by atoms with E-state index in [9.17, 15) is 0 Å². The first-order valence-electron chi connectivity index (χ1n) is 7.42. The number of nitrogens with zero attached hydrogens (tertiary/aromatic N) is 2. The van der Waals surface area contributed by atoms with Gasteiger partial charge in [0.15, 0.2) is 0 Å². The van der Waals surface area contributed by atoms with E-state index >= 15 is 0 Å². The smallest absolute Gasteiger partial charge is 0.134 e. The van der Waals surface area contributed by atoms with Gasteiger partial charge in [-0.05, 0) is 38.8 Å². The van der Waals surface area contributed by atoms with Gasteiger partial charge in [-0.3, -0.25) is 0 Å². The molecule has 0 aliphatic heterocycles. The second kappa shape index (κ2) is 9.40. The van der Waals surface area contributed by atoms with Crippen LogP contribution >= 0.6 is 0 Å². The van der Waals surface area contributed by atoms with Crippen molar-refractivity contribution in [3.63, 3.8) is 0 Å². The third kappa shape index (κ3) is 5.64. The third-order valence-electron chi connectivity index (χ3n) is 3.66. The highest BCUT2D eigenvalue weighted by atomic mass is 15.1. The molecule has 0 fully saturated rings. The average Bonchev–Trinajstić information content (AvgIpc) is 2.44. The van der Waals surface area contributed by atoms with Crippen molar-refractivity contribution in [2.24, 2.45) is 10.9 Å². The van der Waals surface area contributed by atoms with Gasteiger partial charge in [-0.2, -0.15) is 0 Å². The molecule has 0 aromatic rings. The van der Waals surface area contributed by atoms with Crippen LogP contribution in [0.25, 0.3) is 0 Å². The lowest BCUT2D eigenvalue weighted by Gasteiger charge is -2.23. The van der Waals surface area contributed by atoms with Crippen molar-refractivity contribution in [1.29, 1.82) is 0 Å². The first-order chi connectivity index (χ1) is 9.38. The summed E-state index contributed by atoms with van der Waals surface area (Å²) in [5.74, 6) is 1.32. The quantitative estimate of drug-likeness (QED) is 0.502. The van der Waals surface area contributed by atoms with Crippen molar-refractivity contribution in [3.05, 3.63) is 36.4 Å². The Kier molecular flexibility index (Phi) is 8.69. The minimum atomic E-state index is 0.478. The van der Waals surface area contributed by atoms with Gasteiger partial charge in [-0.15, -0.1) is 0 Å². The fraction of sp³-hybridized carbons (Fsp3) is 0.588. The molecule has 0 heterocycles. The van der Waals surface area contributed by atoms with Crippen LogP contribution in [0.5, 0.6) is 0 Å². The van der Waals surface area contributed by atoms with Gasteiger partial charge in [0.1, 0.15) is 5.82 Å². The molecule has 0 aromatic heterocycles. The van der Waals surface area contributed by atoms with Crippen LogP contribution in [0.4, 0.5) is 0 Å². The van der Waals surface area contributed by atoms with Crippen molar-refractivity contribution in [2.45, 2.75) is 47.5 Å². The van der Waals surface area contributed by atoms with Gasteiger partial charge in [0, 0.05) is 30.6 Å². The molecular weight excluding hydrogens is 246 g/mol. The molecule has 1 unspecified atom stereocenters. The molecule has 1 atom stereocenters. The predicted octanol–water partition coefficient (Wildman–Crippen LogP) is 4.31. The molecule has 3 heteroatoms. The molecule has 3 nitrogen and oxygen atoms in total. The van der Waals surface area contributed by atoms with Crippen molar-refractivity contribution >= 4 is 5.71 Å². The maximum atomic E-state index is 4.73. The second-order valence-corrected chi connectivity index (χ2v) is 5.25. The molecule has 0 saturated carbocycles. The Balaban J connectivity index is 5.36. The number of hydrogen-bond acceptors (Lipinski definition) is 3. The van der Waals surface area contributed by atoms with Crippen LogP contribution in [0, 0.1) is 5.92 Å². The minimum absolute atomic E-state index is 0.478. The van der Waals surface area contributed by atoms with E-state index in [4.69, 9.17) is 4.99 Å². The number of aliphatic imine (C=N–C) groups is 1. The van der Waals surface area contributed by atoms with E-state index in [1.165, 1.54) is 0 Å². The summed E-state index contributed by atoms with van der Waals surface area (Å²) in [5.41, 5.74) is 3.18. The van der Waals surface area contributed by atoms with Crippen LogP contribution in [0.1, 0.15) is 47.5 Å². The molecule has 1 N–H and O–H groups in total. The number of nitrogens with one attached hydrogen (secondary N) is 1. The molecule has 0 aliphatic carbocycles. The Morgan fingerprint density at radius 1 is 1.35 bits per heavy atom. The highest BCUT2D eigenvalue weighted by Crippen LogP contribution is 2.17. The van der Waals surface area contributed by atoms with Crippen LogP contribution in [-0.4, -0.2) is 24.2 Å². The molecule has 114 valence electrons.